The molecule has 0 heterocycles. The molecule has 0 atom stereocenters. The summed E-state index contributed by atoms with van der Waals surface area (Å²) in [5, 5.41) is 8.74. The quantitative estimate of drug-likeness (QED) is 0.872. The van der Waals surface area contributed by atoms with Crippen molar-refractivity contribution in [3.05, 3.63) is 30.3 Å². The van der Waals surface area contributed by atoms with E-state index in [1.54, 1.807) is 30.3 Å². The van der Waals surface area contributed by atoms with Crippen LogP contribution in [-0.4, -0.2) is 27.3 Å². The van der Waals surface area contributed by atoms with Crippen LogP contribution in [0.5, 0.6) is 0 Å². The molecule has 0 saturated heterocycles. The van der Waals surface area contributed by atoms with Gasteiger partial charge in [0.1, 0.15) is 6.54 Å². The molecule has 0 radical (unpaired) electrons. The van der Waals surface area contributed by atoms with Gasteiger partial charge in [-0.25, -0.2) is 0 Å². The number of alkyl halides is 3. The van der Waals surface area contributed by atoms with Crippen LogP contribution in [0.15, 0.2) is 30.3 Å². The van der Waals surface area contributed by atoms with Gasteiger partial charge in [-0.15, -0.1) is 0 Å². The van der Waals surface area contributed by atoms with E-state index in [-0.39, 0.29) is 0 Å². The largest absolute Gasteiger partial charge is 0.480 e. The fraction of sp³-hybridized carbons (Fsp3) is 0.200. The van der Waals surface area contributed by atoms with E-state index in [2.05, 4.69) is 0 Å². The number of nitrogens with zero attached hydrogens (tertiary/aromatic N) is 1. The first-order chi connectivity index (χ1) is 7.82. The van der Waals surface area contributed by atoms with Crippen molar-refractivity contribution < 1.29 is 14.7 Å². The molecule has 7 heteroatoms. The Labute approximate surface area is 113 Å². The van der Waals surface area contributed by atoms with Crippen LogP contribution in [0.3, 0.4) is 0 Å². The van der Waals surface area contributed by atoms with Crippen molar-refractivity contribution in [2.24, 2.45) is 0 Å². The lowest BCUT2D eigenvalue weighted by Gasteiger charge is -2.24. The van der Waals surface area contributed by atoms with Gasteiger partial charge in [0.15, 0.2) is 0 Å². The number of amides is 1. The maximum absolute atomic E-state index is 11.8. The number of aliphatic carboxylic acids is 1. The fourth-order valence-electron chi connectivity index (χ4n) is 1.18. The maximum atomic E-state index is 11.8. The molecule has 4 nitrogen and oxygen atoms in total. The van der Waals surface area contributed by atoms with Crippen molar-refractivity contribution in [3.8, 4) is 0 Å². The highest BCUT2D eigenvalue weighted by molar-refractivity contribution is 6.77. The van der Waals surface area contributed by atoms with Crippen molar-refractivity contribution in [1.82, 2.24) is 0 Å². The van der Waals surface area contributed by atoms with Crippen LogP contribution in [0.4, 0.5) is 5.69 Å². The van der Waals surface area contributed by atoms with Crippen LogP contribution in [0, 0.1) is 0 Å². The summed E-state index contributed by atoms with van der Waals surface area (Å²) in [6.45, 7) is -0.573. The maximum Gasteiger partial charge on any atom is 0.323 e. The molecular weight excluding hydrogens is 288 g/mol. The number of carbonyl (C=O) groups excluding carboxylic acids is 1. The Morgan fingerprint density at radius 1 is 1.18 bits per heavy atom. The monoisotopic (exact) mass is 295 g/mol. The molecule has 1 N–H and O–H groups in total. The summed E-state index contributed by atoms with van der Waals surface area (Å²) < 4.78 is -2.19. The van der Waals surface area contributed by atoms with Crippen molar-refractivity contribution in [2.45, 2.75) is 3.79 Å². The first-order valence-corrected chi connectivity index (χ1v) is 5.61. The van der Waals surface area contributed by atoms with E-state index in [1.165, 1.54) is 0 Å². The third kappa shape index (κ3) is 4.07. The minimum absolute atomic E-state index is 0.353. The van der Waals surface area contributed by atoms with Gasteiger partial charge in [0.05, 0.1) is 0 Å². The SMILES string of the molecule is O=C(O)CN(C(=O)C(Cl)(Cl)Cl)c1ccccc1. The number of benzene rings is 1. The Bertz CT molecular complexity index is 417. The molecule has 0 spiro atoms. The number of carboxylic acids is 1. The van der Waals surface area contributed by atoms with E-state index in [0.29, 0.717) is 5.69 Å². The molecule has 0 fully saturated rings. The van der Waals surface area contributed by atoms with Crippen LogP contribution >= 0.6 is 34.8 Å². The van der Waals surface area contributed by atoms with Gasteiger partial charge in [0.2, 0.25) is 0 Å². The van der Waals surface area contributed by atoms with Crippen molar-refractivity contribution >= 4 is 52.4 Å². The highest BCUT2D eigenvalue weighted by Crippen LogP contribution is 2.30. The van der Waals surface area contributed by atoms with Gasteiger partial charge in [0.25, 0.3) is 9.70 Å². The molecule has 1 amide bonds. The van der Waals surface area contributed by atoms with Gasteiger partial charge >= 0.3 is 5.97 Å². The summed E-state index contributed by atoms with van der Waals surface area (Å²) in [5.41, 5.74) is 0.353. The number of halogens is 3. The van der Waals surface area contributed by atoms with Gasteiger partial charge in [-0.05, 0) is 12.1 Å². The van der Waals surface area contributed by atoms with E-state index in [0.717, 1.165) is 4.90 Å². The highest BCUT2D eigenvalue weighted by Gasteiger charge is 2.36. The normalized spacial score (nSPS) is 11.0. The molecule has 0 aromatic heterocycles. The number of para-hydroxylation sites is 1. The summed E-state index contributed by atoms with van der Waals surface area (Å²) in [6.07, 6.45) is 0. The molecular formula is C10H8Cl3NO3. The predicted octanol–water partition coefficient (Wildman–Crippen LogP) is 2.47. The van der Waals surface area contributed by atoms with Crippen molar-refractivity contribution in [2.75, 3.05) is 11.4 Å². The lowest BCUT2D eigenvalue weighted by molar-refractivity contribution is -0.136. The van der Waals surface area contributed by atoms with Gasteiger partial charge in [-0.3, -0.25) is 14.5 Å². The zero-order chi connectivity index (χ0) is 13.1. The molecule has 1 aromatic rings. The molecule has 0 bridgehead atoms. The second-order valence-electron chi connectivity index (χ2n) is 3.12. The van der Waals surface area contributed by atoms with Crippen LogP contribution in [0.25, 0.3) is 0 Å². The van der Waals surface area contributed by atoms with Crippen LogP contribution in [-0.2, 0) is 9.59 Å². The van der Waals surface area contributed by atoms with Gasteiger partial charge in [0, 0.05) is 5.69 Å². The minimum atomic E-state index is -2.19. The Balaban J connectivity index is 3.05. The lowest BCUT2D eigenvalue weighted by Crippen LogP contribution is -2.42. The lowest BCUT2D eigenvalue weighted by atomic mass is 10.3. The Kier molecular flexibility index (Phi) is 4.62. The van der Waals surface area contributed by atoms with Gasteiger partial charge in [-0.2, -0.15) is 0 Å². The summed E-state index contributed by atoms with van der Waals surface area (Å²) in [6, 6.07) is 8.13. The second kappa shape index (κ2) is 5.58. The number of carboxylic acid groups (broad SMARTS) is 1. The zero-order valence-electron chi connectivity index (χ0n) is 8.44. The van der Waals surface area contributed by atoms with Crippen LogP contribution in [0.2, 0.25) is 0 Å². The molecule has 0 aliphatic rings. The van der Waals surface area contributed by atoms with Crippen molar-refractivity contribution in [1.29, 1.82) is 0 Å². The highest BCUT2D eigenvalue weighted by atomic mass is 35.6. The number of hydrogen-bond acceptors (Lipinski definition) is 2. The van der Waals surface area contributed by atoms with Crippen LogP contribution < -0.4 is 4.90 Å². The molecule has 0 unspecified atom stereocenters. The molecule has 0 saturated carbocycles. The van der Waals surface area contributed by atoms with E-state index < -0.39 is 22.2 Å². The zero-order valence-corrected chi connectivity index (χ0v) is 10.7. The first-order valence-electron chi connectivity index (χ1n) is 4.48. The summed E-state index contributed by atoms with van der Waals surface area (Å²) in [7, 11) is 0. The summed E-state index contributed by atoms with van der Waals surface area (Å²) >= 11 is 16.4. The Morgan fingerprint density at radius 2 is 1.71 bits per heavy atom. The summed E-state index contributed by atoms with van der Waals surface area (Å²) in [5.74, 6) is -2.10. The number of anilines is 1. The third-order valence-electron chi connectivity index (χ3n) is 1.85. The van der Waals surface area contributed by atoms with Gasteiger partial charge in [-0.1, -0.05) is 53.0 Å². The Morgan fingerprint density at radius 3 is 2.12 bits per heavy atom. The summed E-state index contributed by atoms with van der Waals surface area (Å²) in [4.78, 5) is 23.4. The van der Waals surface area contributed by atoms with E-state index in [1.807, 2.05) is 0 Å². The second-order valence-corrected chi connectivity index (χ2v) is 5.40. The molecule has 0 aliphatic carbocycles. The number of rotatable bonds is 3. The van der Waals surface area contributed by atoms with E-state index in [4.69, 9.17) is 39.9 Å². The predicted molar refractivity (Wildman–Crippen MR) is 66.7 cm³/mol. The molecule has 0 aliphatic heterocycles. The molecule has 17 heavy (non-hydrogen) atoms. The third-order valence-corrected chi connectivity index (χ3v) is 2.33. The van der Waals surface area contributed by atoms with E-state index >= 15 is 0 Å². The first kappa shape index (κ1) is 14.1. The minimum Gasteiger partial charge on any atom is -0.480 e. The number of carbonyl (C=O) groups is 2. The number of hydrogen-bond donors (Lipinski definition) is 1. The van der Waals surface area contributed by atoms with E-state index in [9.17, 15) is 9.59 Å². The smallest absolute Gasteiger partial charge is 0.323 e. The molecule has 92 valence electrons. The van der Waals surface area contributed by atoms with Gasteiger partial charge < -0.3 is 5.11 Å². The Hall–Kier alpha value is -0.970. The molecule has 1 rings (SSSR count). The molecule has 1 aromatic carbocycles. The average molecular weight is 297 g/mol. The van der Waals surface area contributed by atoms with Crippen molar-refractivity contribution in [3.63, 3.8) is 0 Å². The van der Waals surface area contributed by atoms with Crippen LogP contribution in [0.1, 0.15) is 0 Å². The topological polar surface area (TPSA) is 57.6 Å². The standard InChI is InChI=1S/C10H8Cl3NO3/c11-10(12,13)9(17)14(6-8(15)16)7-4-2-1-3-5-7/h1-5H,6H2,(H,15,16). The fourth-order valence-corrected chi connectivity index (χ4v) is 1.48. The average Bonchev–Trinajstić information content (AvgIpc) is 2.24.